The average molecular weight is 321 g/mol. The van der Waals surface area contributed by atoms with Crippen LogP contribution in [0.25, 0.3) is 0 Å². The molecule has 1 aromatic carbocycles. The average Bonchev–Trinajstić information content (AvgIpc) is 3.27. The van der Waals surface area contributed by atoms with Gasteiger partial charge in [-0.3, -0.25) is 14.6 Å². The molecule has 0 N–H and O–H groups in total. The van der Waals surface area contributed by atoms with E-state index in [4.69, 9.17) is 4.99 Å². The highest BCUT2D eigenvalue weighted by Gasteiger charge is 2.48. The first-order valence-corrected chi connectivity index (χ1v) is 8.48. The lowest BCUT2D eigenvalue weighted by Gasteiger charge is -2.34. The van der Waals surface area contributed by atoms with Gasteiger partial charge in [0.05, 0.1) is 18.4 Å². The Morgan fingerprint density at radius 3 is 2.88 bits per heavy atom. The number of carbonyl (C=O) groups is 1. The van der Waals surface area contributed by atoms with Gasteiger partial charge in [-0.05, 0) is 24.8 Å². The van der Waals surface area contributed by atoms with Crippen molar-refractivity contribution in [2.24, 2.45) is 4.99 Å². The summed E-state index contributed by atoms with van der Waals surface area (Å²) in [7, 11) is 1.82. The third-order valence-electron chi connectivity index (χ3n) is 5.32. The lowest BCUT2D eigenvalue weighted by Crippen LogP contribution is -2.51. The molecule has 0 saturated heterocycles. The van der Waals surface area contributed by atoms with Crippen molar-refractivity contribution < 1.29 is 4.79 Å². The van der Waals surface area contributed by atoms with Crippen molar-refractivity contribution in [3.63, 3.8) is 0 Å². The monoisotopic (exact) mass is 321 g/mol. The summed E-state index contributed by atoms with van der Waals surface area (Å²) in [6, 6.07) is 10.8. The molecule has 0 bridgehead atoms. The zero-order chi connectivity index (χ0) is 16.3. The van der Waals surface area contributed by atoms with Gasteiger partial charge in [0.2, 0.25) is 5.96 Å². The molecule has 2 atom stereocenters. The first kappa shape index (κ1) is 13.8. The fourth-order valence-corrected chi connectivity index (χ4v) is 4.15. The molecule has 1 aliphatic carbocycles. The van der Waals surface area contributed by atoms with E-state index < -0.39 is 0 Å². The quantitative estimate of drug-likeness (QED) is 0.851. The van der Waals surface area contributed by atoms with E-state index in [2.05, 4.69) is 22.0 Å². The molecule has 122 valence electrons. The van der Waals surface area contributed by atoms with Gasteiger partial charge in [0.1, 0.15) is 0 Å². The number of amides is 1. The molecule has 0 spiro atoms. The van der Waals surface area contributed by atoms with Gasteiger partial charge < -0.3 is 4.57 Å². The first-order chi connectivity index (χ1) is 11.7. The molecule has 2 aliphatic heterocycles. The van der Waals surface area contributed by atoms with Crippen molar-refractivity contribution in [2.75, 3.05) is 11.9 Å². The predicted octanol–water partition coefficient (Wildman–Crippen LogP) is 2.11. The Balaban J connectivity index is 1.59. The van der Waals surface area contributed by atoms with Crippen LogP contribution in [0.3, 0.4) is 0 Å². The minimum Gasteiger partial charge on any atom is -0.320 e. The highest BCUT2D eigenvalue weighted by molar-refractivity contribution is 6.18. The maximum absolute atomic E-state index is 12.9. The van der Waals surface area contributed by atoms with Crippen LogP contribution in [0.15, 0.2) is 41.7 Å². The Labute approximate surface area is 140 Å². The maximum Gasteiger partial charge on any atom is 0.280 e. The van der Waals surface area contributed by atoms with Crippen molar-refractivity contribution in [1.82, 2.24) is 14.5 Å². The molecule has 2 aromatic rings. The molecule has 1 amide bonds. The van der Waals surface area contributed by atoms with E-state index in [-0.39, 0.29) is 5.91 Å². The Kier molecular flexibility index (Phi) is 2.83. The summed E-state index contributed by atoms with van der Waals surface area (Å²) in [6.45, 7) is 0.650. The molecule has 24 heavy (non-hydrogen) atoms. The number of imidazole rings is 1. The van der Waals surface area contributed by atoms with Crippen LogP contribution in [0.4, 0.5) is 5.82 Å². The SMILES string of the molecule is CN1C(=O)c2c(ncn2Cc2ccccc2)N2C1=N[C@H]1CCC[C@H]12. The fourth-order valence-electron chi connectivity index (χ4n) is 4.15. The standard InChI is InChI=1S/C18H19N5O/c1-21-17(24)15-16(23-14-9-5-8-13(14)20-18(21)23)19-11-22(15)10-12-6-3-2-4-7-12/h2-4,6-7,11,13-14H,5,8-10H2,1H3/t13-,14+/m0/s1. The third-order valence-corrected chi connectivity index (χ3v) is 5.32. The molecule has 3 aliphatic rings. The van der Waals surface area contributed by atoms with E-state index in [0.29, 0.717) is 24.3 Å². The lowest BCUT2D eigenvalue weighted by atomic mass is 10.1. The number of aromatic nitrogens is 2. The summed E-state index contributed by atoms with van der Waals surface area (Å²) in [5, 5.41) is 0. The van der Waals surface area contributed by atoms with Gasteiger partial charge in [-0.2, -0.15) is 0 Å². The number of nitrogens with zero attached hydrogens (tertiary/aromatic N) is 5. The van der Waals surface area contributed by atoms with Crippen LogP contribution in [-0.4, -0.2) is 45.4 Å². The number of benzene rings is 1. The van der Waals surface area contributed by atoms with Crippen LogP contribution < -0.4 is 4.90 Å². The van der Waals surface area contributed by atoms with Gasteiger partial charge >= 0.3 is 0 Å². The summed E-state index contributed by atoms with van der Waals surface area (Å²) in [6.07, 6.45) is 5.20. The number of aliphatic imine (C=N–C) groups is 1. The van der Waals surface area contributed by atoms with Gasteiger partial charge in [0.25, 0.3) is 5.91 Å². The molecule has 5 rings (SSSR count). The molecular formula is C18H19N5O. The Bertz CT molecular complexity index is 840. The van der Waals surface area contributed by atoms with Crippen molar-refractivity contribution in [3.8, 4) is 0 Å². The van der Waals surface area contributed by atoms with Crippen molar-refractivity contribution in [2.45, 2.75) is 37.9 Å². The van der Waals surface area contributed by atoms with Crippen molar-refractivity contribution in [1.29, 1.82) is 0 Å². The molecule has 0 unspecified atom stereocenters. The second kappa shape index (κ2) is 4.93. The number of anilines is 1. The zero-order valence-corrected chi connectivity index (χ0v) is 13.6. The predicted molar refractivity (Wildman–Crippen MR) is 91.2 cm³/mol. The van der Waals surface area contributed by atoms with Gasteiger partial charge in [-0.15, -0.1) is 0 Å². The number of hydrogen-bond donors (Lipinski definition) is 0. The van der Waals surface area contributed by atoms with E-state index in [1.807, 2.05) is 29.8 Å². The van der Waals surface area contributed by atoms with Crippen LogP contribution in [0.2, 0.25) is 0 Å². The highest BCUT2D eigenvalue weighted by Crippen LogP contribution is 2.39. The zero-order valence-electron chi connectivity index (χ0n) is 13.6. The second-order valence-electron chi connectivity index (χ2n) is 6.76. The summed E-state index contributed by atoms with van der Waals surface area (Å²) < 4.78 is 1.96. The van der Waals surface area contributed by atoms with Crippen LogP contribution >= 0.6 is 0 Å². The van der Waals surface area contributed by atoms with Gasteiger partial charge in [0.15, 0.2) is 11.5 Å². The van der Waals surface area contributed by atoms with Crippen LogP contribution in [0.1, 0.15) is 35.3 Å². The third kappa shape index (κ3) is 1.79. The summed E-state index contributed by atoms with van der Waals surface area (Å²) >= 11 is 0. The van der Waals surface area contributed by atoms with Gasteiger partial charge in [0, 0.05) is 13.6 Å². The Morgan fingerprint density at radius 1 is 1.21 bits per heavy atom. The summed E-state index contributed by atoms with van der Waals surface area (Å²) in [4.78, 5) is 26.2. The minimum atomic E-state index is -0.0200. The number of carbonyl (C=O) groups excluding carboxylic acids is 1. The molecule has 1 fully saturated rings. The highest BCUT2D eigenvalue weighted by atomic mass is 16.2. The number of rotatable bonds is 2. The number of hydrogen-bond acceptors (Lipinski definition) is 4. The topological polar surface area (TPSA) is 53.7 Å². The van der Waals surface area contributed by atoms with Gasteiger partial charge in [-0.1, -0.05) is 30.3 Å². The fraction of sp³-hybridized carbons (Fsp3) is 0.389. The summed E-state index contributed by atoms with van der Waals surface area (Å²) in [5.41, 5.74) is 1.83. The van der Waals surface area contributed by atoms with E-state index in [0.717, 1.165) is 30.2 Å². The largest absolute Gasteiger partial charge is 0.320 e. The van der Waals surface area contributed by atoms with E-state index in [9.17, 15) is 4.79 Å². The molecule has 1 saturated carbocycles. The molecule has 1 aromatic heterocycles. The molecular weight excluding hydrogens is 302 g/mol. The van der Waals surface area contributed by atoms with Crippen LogP contribution in [0.5, 0.6) is 0 Å². The Morgan fingerprint density at radius 2 is 2.04 bits per heavy atom. The maximum atomic E-state index is 12.9. The smallest absolute Gasteiger partial charge is 0.280 e. The summed E-state index contributed by atoms with van der Waals surface area (Å²) in [5.74, 6) is 1.53. The van der Waals surface area contributed by atoms with Crippen molar-refractivity contribution in [3.05, 3.63) is 47.9 Å². The molecule has 6 heteroatoms. The number of fused-ring (bicyclic) bond motifs is 5. The van der Waals surface area contributed by atoms with Crippen molar-refractivity contribution >= 4 is 17.7 Å². The van der Waals surface area contributed by atoms with Crippen LogP contribution in [-0.2, 0) is 6.54 Å². The van der Waals surface area contributed by atoms with E-state index in [1.54, 1.807) is 11.2 Å². The van der Waals surface area contributed by atoms with E-state index >= 15 is 0 Å². The van der Waals surface area contributed by atoms with Crippen LogP contribution in [0, 0.1) is 0 Å². The second-order valence-corrected chi connectivity index (χ2v) is 6.76. The van der Waals surface area contributed by atoms with Gasteiger partial charge in [-0.25, -0.2) is 9.98 Å². The molecule has 0 radical (unpaired) electrons. The normalized spacial score (nSPS) is 24.7. The minimum absolute atomic E-state index is 0.0200. The Hall–Kier alpha value is -2.63. The molecule has 3 heterocycles. The number of guanidine groups is 1. The lowest BCUT2D eigenvalue weighted by molar-refractivity contribution is 0.0855. The first-order valence-electron chi connectivity index (χ1n) is 8.48. The van der Waals surface area contributed by atoms with E-state index in [1.165, 1.54) is 6.42 Å². The molecule has 6 nitrogen and oxygen atoms in total.